The fourth-order valence-electron chi connectivity index (χ4n) is 1.34. The SMILES string of the molecule is Cc1cc(Br)cc(C=O)c1OCCSC(F)(F)F. The molecule has 0 heterocycles. The molecule has 0 N–H and O–H groups in total. The second kappa shape index (κ2) is 6.47. The largest absolute Gasteiger partial charge is 0.492 e. The zero-order valence-corrected chi connectivity index (χ0v) is 11.8. The van der Waals surface area contributed by atoms with E-state index in [0.29, 0.717) is 23.2 Å². The molecule has 0 amide bonds. The Labute approximate surface area is 115 Å². The molecule has 0 aliphatic rings. The maximum absolute atomic E-state index is 11.9. The van der Waals surface area contributed by atoms with Crippen LogP contribution in [0.2, 0.25) is 0 Å². The van der Waals surface area contributed by atoms with Gasteiger partial charge in [-0.15, -0.1) is 0 Å². The molecule has 1 rings (SSSR count). The van der Waals surface area contributed by atoms with Gasteiger partial charge in [0.05, 0.1) is 12.2 Å². The Morgan fingerprint density at radius 1 is 1.44 bits per heavy atom. The maximum atomic E-state index is 11.9. The van der Waals surface area contributed by atoms with Gasteiger partial charge in [-0.05, 0) is 36.4 Å². The summed E-state index contributed by atoms with van der Waals surface area (Å²) in [7, 11) is 0. The number of ether oxygens (including phenoxy) is 1. The first-order valence-corrected chi connectivity index (χ1v) is 6.70. The highest BCUT2D eigenvalue weighted by atomic mass is 79.9. The molecule has 18 heavy (non-hydrogen) atoms. The first kappa shape index (κ1) is 15.4. The van der Waals surface area contributed by atoms with Crippen LogP contribution in [0.3, 0.4) is 0 Å². The average Bonchev–Trinajstić information content (AvgIpc) is 2.24. The molecule has 0 saturated heterocycles. The van der Waals surface area contributed by atoms with Crippen LogP contribution in [0.4, 0.5) is 13.2 Å². The molecule has 0 fully saturated rings. The number of carbonyl (C=O) groups is 1. The van der Waals surface area contributed by atoms with Gasteiger partial charge < -0.3 is 4.74 Å². The molecule has 0 atom stereocenters. The first-order valence-electron chi connectivity index (χ1n) is 4.92. The van der Waals surface area contributed by atoms with E-state index in [9.17, 15) is 18.0 Å². The van der Waals surface area contributed by atoms with E-state index in [0.717, 1.165) is 4.47 Å². The predicted molar refractivity (Wildman–Crippen MR) is 68.3 cm³/mol. The molecule has 0 bridgehead atoms. The Morgan fingerprint density at radius 2 is 2.11 bits per heavy atom. The van der Waals surface area contributed by atoms with Crippen LogP contribution < -0.4 is 4.74 Å². The number of halogens is 4. The minimum absolute atomic E-state index is 0.104. The Morgan fingerprint density at radius 3 is 2.67 bits per heavy atom. The van der Waals surface area contributed by atoms with Crippen molar-refractivity contribution in [2.45, 2.75) is 12.4 Å². The van der Waals surface area contributed by atoms with Crippen LogP contribution in [-0.4, -0.2) is 24.2 Å². The number of benzene rings is 1. The third kappa shape index (κ3) is 4.89. The third-order valence-corrected chi connectivity index (χ3v) is 3.15. The highest BCUT2D eigenvalue weighted by molar-refractivity contribution is 9.10. The van der Waals surface area contributed by atoms with Crippen molar-refractivity contribution in [1.82, 2.24) is 0 Å². The molecule has 0 spiro atoms. The van der Waals surface area contributed by atoms with Crippen molar-refractivity contribution in [2.75, 3.05) is 12.4 Å². The Bertz CT molecular complexity index is 435. The molecule has 0 unspecified atom stereocenters. The van der Waals surface area contributed by atoms with Gasteiger partial charge in [0.1, 0.15) is 5.75 Å². The Hall–Kier alpha value is -0.690. The lowest BCUT2D eigenvalue weighted by Gasteiger charge is -2.12. The summed E-state index contributed by atoms with van der Waals surface area (Å²) >= 11 is 3.08. The van der Waals surface area contributed by atoms with E-state index in [4.69, 9.17) is 4.74 Å². The van der Waals surface area contributed by atoms with Crippen molar-refractivity contribution in [3.8, 4) is 5.75 Å². The minimum Gasteiger partial charge on any atom is -0.492 e. The van der Waals surface area contributed by atoms with E-state index < -0.39 is 5.51 Å². The first-order chi connectivity index (χ1) is 8.33. The lowest BCUT2D eigenvalue weighted by molar-refractivity contribution is -0.0329. The van der Waals surface area contributed by atoms with Gasteiger partial charge >= 0.3 is 5.51 Å². The number of thioether (sulfide) groups is 1. The van der Waals surface area contributed by atoms with E-state index in [1.165, 1.54) is 0 Å². The van der Waals surface area contributed by atoms with Gasteiger partial charge in [-0.25, -0.2) is 0 Å². The second-order valence-electron chi connectivity index (χ2n) is 3.40. The molecule has 7 heteroatoms. The van der Waals surface area contributed by atoms with Crippen molar-refractivity contribution in [2.24, 2.45) is 0 Å². The van der Waals surface area contributed by atoms with Crippen LogP contribution in [0.15, 0.2) is 16.6 Å². The van der Waals surface area contributed by atoms with Crippen LogP contribution in [0, 0.1) is 6.92 Å². The summed E-state index contributed by atoms with van der Waals surface area (Å²) in [4.78, 5) is 10.8. The van der Waals surface area contributed by atoms with Crippen LogP contribution in [0.5, 0.6) is 5.75 Å². The summed E-state index contributed by atoms with van der Waals surface area (Å²) in [6.07, 6.45) is 0.615. The van der Waals surface area contributed by atoms with E-state index in [1.807, 2.05) is 0 Å². The molecule has 0 aromatic heterocycles. The Kier molecular flexibility index (Phi) is 5.52. The third-order valence-electron chi connectivity index (χ3n) is 1.99. The monoisotopic (exact) mass is 342 g/mol. The lowest BCUT2D eigenvalue weighted by Crippen LogP contribution is -2.09. The molecule has 0 aliphatic heterocycles. The zero-order valence-electron chi connectivity index (χ0n) is 9.38. The van der Waals surface area contributed by atoms with Gasteiger partial charge in [0.15, 0.2) is 6.29 Å². The summed E-state index contributed by atoms with van der Waals surface area (Å²) in [5.41, 5.74) is -3.24. The van der Waals surface area contributed by atoms with Crippen LogP contribution >= 0.6 is 27.7 Å². The quantitative estimate of drug-likeness (QED) is 0.592. The molecule has 100 valence electrons. The van der Waals surface area contributed by atoms with Gasteiger partial charge in [-0.1, -0.05) is 15.9 Å². The highest BCUT2D eigenvalue weighted by Gasteiger charge is 2.27. The van der Waals surface area contributed by atoms with Crippen molar-refractivity contribution >= 4 is 34.0 Å². The van der Waals surface area contributed by atoms with Gasteiger partial charge in [0.2, 0.25) is 0 Å². The fourth-order valence-corrected chi connectivity index (χ4v) is 2.33. The summed E-state index contributed by atoms with van der Waals surface area (Å²) in [6, 6.07) is 3.30. The number of hydrogen-bond acceptors (Lipinski definition) is 3. The average molecular weight is 343 g/mol. The van der Waals surface area contributed by atoms with Gasteiger partial charge in [-0.2, -0.15) is 13.2 Å². The molecular formula is C11H10BrF3O2S. The molecular weight excluding hydrogens is 333 g/mol. The summed E-state index contributed by atoms with van der Waals surface area (Å²) < 4.78 is 41.7. The van der Waals surface area contributed by atoms with Gasteiger partial charge in [0.25, 0.3) is 0 Å². The number of alkyl halides is 3. The molecule has 0 radical (unpaired) electrons. The van der Waals surface area contributed by atoms with E-state index in [2.05, 4.69) is 15.9 Å². The fraction of sp³-hybridized carbons (Fsp3) is 0.364. The summed E-state index contributed by atoms with van der Waals surface area (Å²) in [5, 5.41) is 0. The number of aldehydes is 1. The standard InChI is InChI=1S/C11H10BrF3O2S/c1-7-4-9(12)5-8(6-16)10(7)17-2-3-18-11(13,14)15/h4-6H,2-3H2,1H3. The van der Waals surface area contributed by atoms with Crippen molar-refractivity contribution in [3.63, 3.8) is 0 Å². The smallest absolute Gasteiger partial charge is 0.441 e. The van der Waals surface area contributed by atoms with Crippen molar-refractivity contribution < 1.29 is 22.7 Å². The van der Waals surface area contributed by atoms with E-state index in [1.54, 1.807) is 19.1 Å². The second-order valence-corrected chi connectivity index (χ2v) is 5.48. The normalized spacial score (nSPS) is 11.4. The van der Waals surface area contributed by atoms with Crippen molar-refractivity contribution in [3.05, 3.63) is 27.7 Å². The number of carbonyl (C=O) groups excluding carboxylic acids is 1. The Balaban J connectivity index is 2.65. The van der Waals surface area contributed by atoms with Crippen LogP contribution in [0.25, 0.3) is 0 Å². The topological polar surface area (TPSA) is 26.3 Å². The summed E-state index contributed by atoms with van der Waals surface area (Å²) in [5.74, 6) is 0.119. The summed E-state index contributed by atoms with van der Waals surface area (Å²) in [6.45, 7) is 1.62. The maximum Gasteiger partial charge on any atom is 0.441 e. The van der Waals surface area contributed by atoms with E-state index in [-0.39, 0.29) is 24.1 Å². The molecule has 0 aliphatic carbocycles. The zero-order chi connectivity index (χ0) is 13.8. The van der Waals surface area contributed by atoms with Crippen LogP contribution in [-0.2, 0) is 0 Å². The minimum atomic E-state index is -4.26. The van der Waals surface area contributed by atoms with Gasteiger partial charge in [0, 0.05) is 10.2 Å². The molecule has 1 aromatic rings. The van der Waals surface area contributed by atoms with Crippen LogP contribution in [0.1, 0.15) is 15.9 Å². The molecule has 0 saturated carbocycles. The lowest BCUT2D eigenvalue weighted by atomic mass is 10.1. The number of rotatable bonds is 5. The molecule has 1 aromatic carbocycles. The van der Waals surface area contributed by atoms with E-state index >= 15 is 0 Å². The highest BCUT2D eigenvalue weighted by Crippen LogP contribution is 2.31. The molecule has 2 nitrogen and oxygen atoms in total. The predicted octanol–water partition coefficient (Wildman–Crippen LogP) is 4.20. The van der Waals surface area contributed by atoms with Gasteiger partial charge in [-0.3, -0.25) is 4.79 Å². The van der Waals surface area contributed by atoms with Crippen molar-refractivity contribution in [1.29, 1.82) is 0 Å². The number of aryl methyl sites for hydroxylation is 1. The number of hydrogen-bond donors (Lipinski definition) is 0.